The number of aryl methyl sites for hydroxylation is 2. The van der Waals surface area contributed by atoms with Gasteiger partial charge >= 0.3 is 0 Å². The molecule has 0 aliphatic rings. The van der Waals surface area contributed by atoms with E-state index >= 15 is 0 Å². The van der Waals surface area contributed by atoms with Crippen molar-refractivity contribution in [3.05, 3.63) is 58.6 Å². The summed E-state index contributed by atoms with van der Waals surface area (Å²) in [4.78, 5) is 20.7. The van der Waals surface area contributed by atoms with E-state index in [4.69, 9.17) is 16.3 Å². The molecule has 3 aromatic rings. The van der Waals surface area contributed by atoms with Crippen molar-refractivity contribution in [2.24, 2.45) is 0 Å². The average Bonchev–Trinajstić information content (AvgIpc) is 3.19. The number of aromatic nitrogens is 4. The Kier molecular flexibility index (Phi) is 7.43. The highest BCUT2D eigenvalue weighted by Gasteiger charge is 2.14. The molecule has 0 unspecified atom stereocenters. The van der Waals surface area contributed by atoms with Gasteiger partial charge in [-0.2, -0.15) is 5.10 Å². The lowest BCUT2D eigenvalue weighted by Gasteiger charge is -2.12. The summed E-state index contributed by atoms with van der Waals surface area (Å²) < 4.78 is 6.95. The molecule has 2 heterocycles. The SMILES string of the molecule is CNC(=O)c1cc(CCc2cnc(Nc3cnn(C[C@H](C)O)c3)nc2)c(Cl)c(OC)c1. The number of nitrogens with zero attached hydrogens (tertiary/aromatic N) is 4. The van der Waals surface area contributed by atoms with Crippen LogP contribution in [0, 0.1) is 0 Å². The standard InChI is InChI=1S/C21H25ClN6O3/c1-13(29)11-28-12-17(10-26-28)27-21-24-8-14(9-25-21)4-5-15-6-16(20(30)23-2)7-18(31-3)19(15)22/h6-10,12-13,29H,4-5,11H2,1-3H3,(H,23,30)(H,24,25,27)/t13-/m0/s1. The number of benzene rings is 1. The van der Waals surface area contributed by atoms with Crippen molar-refractivity contribution in [1.29, 1.82) is 0 Å². The van der Waals surface area contributed by atoms with Crippen LogP contribution in [0.1, 0.15) is 28.4 Å². The van der Waals surface area contributed by atoms with Crippen molar-refractivity contribution >= 4 is 29.1 Å². The maximum atomic E-state index is 12.0. The Bertz CT molecular complexity index is 1040. The number of carbonyl (C=O) groups is 1. The molecular weight excluding hydrogens is 420 g/mol. The molecule has 1 aromatic carbocycles. The van der Waals surface area contributed by atoms with Crippen molar-refractivity contribution in [3.8, 4) is 5.75 Å². The third kappa shape index (κ3) is 5.93. The number of nitrogens with one attached hydrogen (secondary N) is 2. The molecule has 1 atom stereocenters. The Morgan fingerprint density at radius 3 is 2.65 bits per heavy atom. The highest BCUT2D eigenvalue weighted by Crippen LogP contribution is 2.31. The first kappa shape index (κ1) is 22.5. The molecule has 0 saturated carbocycles. The molecule has 10 heteroatoms. The number of aliphatic hydroxyl groups excluding tert-OH is 1. The molecule has 9 nitrogen and oxygen atoms in total. The molecule has 0 radical (unpaired) electrons. The van der Waals surface area contributed by atoms with Crippen LogP contribution in [0.15, 0.2) is 36.9 Å². The number of methoxy groups -OCH3 is 1. The van der Waals surface area contributed by atoms with Gasteiger partial charge in [-0.1, -0.05) is 11.6 Å². The van der Waals surface area contributed by atoms with E-state index in [1.54, 1.807) is 55.6 Å². The number of carbonyl (C=O) groups excluding carboxylic acids is 1. The molecule has 3 N–H and O–H groups in total. The average molecular weight is 445 g/mol. The summed E-state index contributed by atoms with van der Waals surface area (Å²) in [5.74, 6) is 0.707. The van der Waals surface area contributed by atoms with E-state index in [9.17, 15) is 9.90 Å². The summed E-state index contributed by atoms with van der Waals surface area (Å²) in [7, 11) is 3.10. The quantitative estimate of drug-likeness (QED) is 0.464. The lowest BCUT2D eigenvalue weighted by molar-refractivity contribution is 0.0962. The van der Waals surface area contributed by atoms with Crippen LogP contribution in [0.2, 0.25) is 5.02 Å². The van der Waals surface area contributed by atoms with E-state index in [0.717, 1.165) is 16.8 Å². The van der Waals surface area contributed by atoms with Crippen LogP contribution >= 0.6 is 11.6 Å². The normalized spacial score (nSPS) is 11.8. The number of rotatable bonds is 9. The molecule has 0 spiro atoms. The van der Waals surface area contributed by atoms with Gasteiger partial charge in [0.1, 0.15) is 5.75 Å². The summed E-state index contributed by atoms with van der Waals surface area (Å²) in [5, 5.41) is 19.8. The zero-order chi connectivity index (χ0) is 22.4. The minimum Gasteiger partial charge on any atom is -0.495 e. The molecule has 2 aromatic heterocycles. The summed E-state index contributed by atoms with van der Waals surface area (Å²) in [5.41, 5.74) is 2.96. The number of halogens is 1. The smallest absolute Gasteiger partial charge is 0.251 e. The summed E-state index contributed by atoms with van der Waals surface area (Å²) in [6.07, 6.45) is 7.67. The fraction of sp³-hybridized carbons (Fsp3) is 0.333. The molecule has 164 valence electrons. The Balaban J connectivity index is 1.65. The van der Waals surface area contributed by atoms with E-state index in [2.05, 4.69) is 25.7 Å². The van der Waals surface area contributed by atoms with Crippen molar-refractivity contribution in [1.82, 2.24) is 25.1 Å². The van der Waals surface area contributed by atoms with Gasteiger partial charge in [-0.05, 0) is 43.0 Å². The van der Waals surface area contributed by atoms with E-state index < -0.39 is 6.10 Å². The maximum absolute atomic E-state index is 12.0. The predicted octanol–water partition coefficient (Wildman–Crippen LogP) is 2.60. The topological polar surface area (TPSA) is 114 Å². The van der Waals surface area contributed by atoms with Gasteiger partial charge in [0.2, 0.25) is 5.95 Å². The van der Waals surface area contributed by atoms with Crippen LogP contribution in [-0.2, 0) is 19.4 Å². The van der Waals surface area contributed by atoms with Gasteiger partial charge in [-0.3, -0.25) is 9.48 Å². The van der Waals surface area contributed by atoms with Gasteiger partial charge in [0.25, 0.3) is 5.91 Å². The second-order valence-corrected chi connectivity index (χ2v) is 7.45. The Labute approximate surface area is 185 Å². The van der Waals surface area contributed by atoms with Gasteiger partial charge in [0, 0.05) is 31.2 Å². The van der Waals surface area contributed by atoms with Gasteiger partial charge in [-0.15, -0.1) is 0 Å². The Morgan fingerprint density at radius 1 is 1.26 bits per heavy atom. The Hall–Kier alpha value is -3.17. The van der Waals surface area contributed by atoms with E-state index in [0.29, 0.717) is 41.7 Å². The minimum atomic E-state index is -0.478. The van der Waals surface area contributed by atoms with Crippen LogP contribution in [-0.4, -0.2) is 51.0 Å². The third-order valence-corrected chi connectivity index (χ3v) is 4.98. The largest absolute Gasteiger partial charge is 0.495 e. The summed E-state index contributed by atoms with van der Waals surface area (Å²) in [6, 6.07) is 3.39. The summed E-state index contributed by atoms with van der Waals surface area (Å²) in [6.45, 7) is 2.12. The molecular formula is C21H25ClN6O3. The third-order valence-electron chi connectivity index (χ3n) is 4.55. The maximum Gasteiger partial charge on any atom is 0.251 e. The number of aliphatic hydroxyl groups is 1. The summed E-state index contributed by atoms with van der Waals surface area (Å²) >= 11 is 6.42. The molecule has 0 aliphatic heterocycles. The number of amides is 1. The number of hydrogen-bond acceptors (Lipinski definition) is 7. The monoisotopic (exact) mass is 444 g/mol. The second kappa shape index (κ2) is 10.2. The van der Waals surface area contributed by atoms with Crippen molar-refractivity contribution in [3.63, 3.8) is 0 Å². The van der Waals surface area contributed by atoms with Crippen LogP contribution in [0.5, 0.6) is 5.75 Å². The molecule has 31 heavy (non-hydrogen) atoms. The van der Waals surface area contributed by atoms with Crippen LogP contribution in [0.3, 0.4) is 0 Å². The van der Waals surface area contributed by atoms with E-state index in [1.165, 1.54) is 7.11 Å². The first-order chi connectivity index (χ1) is 14.9. The first-order valence-electron chi connectivity index (χ1n) is 9.76. The molecule has 0 fully saturated rings. The van der Waals surface area contributed by atoms with Gasteiger partial charge < -0.3 is 20.5 Å². The molecule has 3 rings (SSSR count). The van der Waals surface area contributed by atoms with E-state index in [1.807, 2.05) is 0 Å². The van der Waals surface area contributed by atoms with Crippen molar-refractivity contribution in [2.45, 2.75) is 32.4 Å². The minimum absolute atomic E-state index is 0.202. The van der Waals surface area contributed by atoms with Crippen molar-refractivity contribution in [2.75, 3.05) is 19.5 Å². The first-order valence-corrected chi connectivity index (χ1v) is 10.1. The van der Waals surface area contributed by atoms with Gasteiger partial charge in [0.05, 0.1) is 36.7 Å². The molecule has 0 aliphatic carbocycles. The zero-order valence-corrected chi connectivity index (χ0v) is 18.3. The lowest BCUT2D eigenvalue weighted by atomic mass is 10.0. The van der Waals surface area contributed by atoms with Crippen LogP contribution in [0.4, 0.5) is 11.6 Å². The molecule has 0 saturated heterocycles. The predicted molar refractivity (Wildman–Crippen MR) is 118 cm³/mol. The zero-order valence-electron chi connectivity index (χ0n) is 17.6. The Morgan fingerprint density at radius 2 is 2.00 bits per heavy atom. The molecule has 1 amide bonds. The fourth-order valence-electron chi connectivity index (χ4n) is 3.02. The number of anilines is 2. The highest BCUT2D eigenvalue weighted by atomic mass is 35.5. The lowest BCUT2D eigenvalue weighted by Crippen LogP contribution is -2.18. The van der Waals surface area contributed by atoms with E-state index in [-0.39, 0.29) is 5.91 Å². The highest BCUT2D eigenvalue weighted by molar-refractivity contribution is 6.33. The van der Waals surface area contributed by atoms with Crippen LogP contribution in [0.25, 0.3) is 0 Å². The van der Waals surface area contributed by atoms with Gasteiger partial charge in [0.15, 0.2) is 0 Å². The fourth-order valence-corrected chi connectivity index (χ4v) is 3.30. The molecule has 0 bridgehead atoms. The van der Waals surface area contributed by atoms with Gasteiger partial charge in [-0.25, -0.2) is 9.97 Å². The number of hydrogen-bond donors (Lipinski definition) is 3. The number of ether oxygens (including phenoxy) is 1. The second-order valence-electron chi connectivity index (χ2n) is 7.07. The van der Waals surface area contributed by atoms with Crippen molar-refractivity contribution < 1.29 is 14.6 Å². The van der Waals surface area contributed by atoms with Crippen LogP contribution < -0.4 is 15.4 Å².